The summed E-state index contributed by atoms with van der Waals surface area (Å²) < 4.78 is 0. The molecule has 0 spiro atoms. The quantitative estimate of drug-likeness (QED) is 0.670. The van der Waals surface area contributed by atoms with E-state index in [1.165, 1.54) is 12.8 Å². The first-order chi connectivity index (χ1) is 3.80. The molecule has 0 bridgehead atoms. The van der Waals surface area contributed by atoms with Crippen molar-refractivity contribution >= 4 is 0 Å². The van der Waals surface area contributed by atoms with Crippen molar-refractivity contribution in [3.05, 3.63) is 6.42 Å². The summed E-state index contributed by atoms with van der Waals surface area (Å²) in [6.07, 6.45) is 5.38. The van der Waals surface area contributed by atoms with E-state index in [4.69, 9.17) is 5.11 Å². The van der Waals surface area contributed by atoms with Crippen molar-refractivity contribution in [1.29, 1.82) is 0 Å². The van der Waals surface area contributed by atoms with Crippen LogP contribution in [0, 0.1) is 12.3 Å². The minimum Gasteiger partial charge on any atom is -0.396 e. The Balaban J connectivity index is 0.000000640. The second kappa shape index (κ2) is 4.44. The van der Waals surface area contributed by atoms with Crippen LogP contribution in [0.3, 0.4) is 0 Å². The fourth-order valence-corrected chi connectivity index (χ4v) is 1.09. The molecule has 0 aromatic heterocycles. The van der Waals surface area contributed by atoms with Crippen LogP contribution in [0.15, 0.2) is 0 Å². The Morgan fingerprint density at radius 1 is 1.56 bits per heavy atom. The van der Waals surface area contributed by atoms with Gasteiger partial charge in [-0.15, -0.1) is 0 Å². The summed E-state index contributed by atoms with van der Waals surface area (Å²) in [4.78, 5) is 0. The van der Waals surface area contributed by atoms with Crippen LogP contribution >= 0.6 is 0 Å². The first kappa shape index (κ1) is 9.62. The Bertz CT molecular complexity index is 65.3. The molecule has 55 valence electrons. The maximum absolute atomic E-state index is 9.15. The zero-order valence-corrected chi connectivity index (χ0v) is 8.39. The maximum atomic E-state index is 9.15. The molecule has 2 atom stereocenters. The van der Waals surface area contributed by atoms with Gasteiger partial charge in [-0.2, -0.15) is 12.8 Å². The van der Waals surface area contributed by atoms with E-state index in [0.29, 0.717) is 5.92 Å². The Hall–Kier alpha value is 0.622. The molecule has 1 saturated carbocycles. The van der Waals surface area contributed by atoms with Crippen LogP contribution in [0.25, 0.3) is 0 Å². The second-order valence-corrected chi connectivity index (χ2v) is 2.65. The van der Waals surface area contributed by atoms with Crippen molar-refractivity contribution in [3.63, 3.8) is 0 Å². The number of aliphatic hydroxyl groups is 1. The van der Waals surface area contributed by atoms with E-state index in [2.05, 4.69) is 13.3 Å². The molecule has 0 heterocycles. The van der Waals surface area contributed by atoms with Crippen LogP contribution in [0.5, 0.6) is 0 Å². The van der Waals surface area contributed by atoms with Crippen molar-refractivity contribution in [2.75, 3.05) is 0 Å². The Labute approximate surface area is 70.5 Å². The molecule has 0 aromatic carbocycles. The van der Waals surface area contributed by atoms with Crippen molar-refractivity contribution in [1.82, 2.24) is 0 Å². The number of rotatable bonds is 0. The van der Waals surface area contributed by atoms with Crippen LogP contribution in [-0.2, 0) is 20.4 Å². The van der Waals surface area contributed by atoms with E-state index in [0.717, 1.165) is 6.42 Å². The molecule has 1 nitrogen and oxygen atoms in total. The average molecular weight is 299 g/mol. The summed E-state index contributed by atoms with van der Waals surface area (Å²) >= 11 is 0. The summed E-state index contributed by atoms with van der Waals surface area (Å²) in [7, 11) is 0. The minimum absolute atomic E-state index is 0. The molecule has 1 aliphatic rings. The zero-order chi connectivity index (χ0) is 5.98. The molecule has 0 saturated heterocycles. The van der Waals surface area contributed by atoms with Crippen LogP contribution in [-0.4, -0.2) is 11.2 Å². The predicted molar refractivity (Wildman–Crippen MR) is 33.3 cm³/mol. The molecule has 1 rings (SSSR count). The third-order valence-corrected chi connectivity index (χ3v) is 1.89. The van der Waals surface area contributed by atoms with Gasteiger partial charge in [0.05, 0.1) is 0 Å². The summed E-state index contributed by atoms with van der Waals surface area (Å²) in [6, 6.07) is 0. The summed E-state index contributed by atoms with van der Waals surface area (Å²) in [5.74, 6) is 0.528. The molecule has 1 radical (unpaired) electrons. The first-order valence-corrected chi connectivity index (χ1v) is 3.30. The molecule has 0 amide bonds. The SMILES string of the molecule is CC1CC[CH-]CC1O.[Re]. The summed E-state index contributed by atoms with van der Waals surface area (Å²) in [5, 5.41) is 9.15. The van der Waals surface area contributed by atoms with Gasteiger partial charge in [-0.25, -0.2) is 0 Å². The first-order valence-electron chi connectivity index (χ1n) is 3.30. The Morgan fingerprint density at radius 3 is 2.56 bits per heavy atom. The van der Waals surface area contributed by atoms with Crippen LogP contribution in [0.1, 0.15) is 26.2 Å². The molecule has 1 fully saturated rings. The van der Waals surface area contributed by atoms with Gasteiger partial charge in [0.2, 0.25) is 0 Å². The topological polar surface area (TPSA) is 20.2 Å². The van der Waals surface area contributed by atoms with Gasteiger partial charge in [0.15, 0.2) is 0 Å². The largest absolute Gasteiger partial charge is 0.396 e. The fraction of sp³-hybridized carbons (Fsp3) is 0.857. The third kappa shape index (κ3) is 2.80. The Kier molecular flexibility index (Phi) is 4.75. The molecule has 0 aliphatic heterocycles. The van der Waals surface area contributed by atoms with Crippen molar-refractivity contribution in [2.24, 2.45) is 5.92 Å². The third-order valence-electron chi connectivity index (χ3n) is 1.89. The average Bonchev–Trinajstić information content (AvgIpc) is 1.77. The number of hydrogen-bond donors (Lipinski definition) is 1. The molecular formula is C7H13ORe-. The van der Waals surface area contributed by atoms with Gasteiger partial charge in [0.25, 0.3) is 0 Å². The smallest absolute Gasteiger partial charge is 0.0296 e. The van der Waals surface area contributed by atoms with Gasteiger partial charge >= 0.3 is 0 Å². The van der Waals surface area contributed by atoms with Crippen LogP contribution in [0.2, 0.25) is 0 Å². The van der Waals surface area contributed by atoms with Crippen LogP contribution < -0.4 is 0 Å². The van der Waals surface area contributed by atoms with Crippen LogP contribution in [0.4, 0.5) is 0 Å². The molecular weight excluding hydrogens is 286 g/mol. The Morgan fingerprint density at radius 2 is 2.22 bits per heavy atom. The molecule has 1 aliphatic carbocycles. The van der Waals surface area contributed by atoms with E-state index in [-0.39, 0.29) is 26.5 Å². The summed E-state index contributed by atoms with van der Waals surface area (Å²) in [5.41, 5.74) is 0. The van der Waals surface area contributed by atoms with Gasteiger partial charge in [0, 0.05) is 26.5 Å². The van der Waals surface area contributed by atoms with E-state index in [1.54, 1.807) is 0 Å². The molecule has 0 aromatic rings. The number of aliphatic hydroxyl groups excluding tert-OH is 1. The predicted octanol–water partition coefficient (Wildman–Crippen LogP) is 1.37. The molecule has 9 heavy (non-hydrogen) atoms. The van der Waals surface area contributed by atoms with Gasteiger partial charge in [0.1, 0.15) is 0 Å². The van der Waals surface area contributed by atoms with Crippen molar-refractivity contribution in [3.8, 4) is 0 Å². The zero-order valence-electron chi connectivity index (χ0n) is 5.68. The van der Waals surface area contributed by atoms with Gasteiger partial charge in [-0.1, -0.05) is 13.3 Å². The minimum atomic E-state index is -0.0521. The van der Waals surface area contributed by atoms with E-state index < -0.39 is 0 Å². The van der Waals surface area contributed by atoms with E-state index in [9.17, 15) is 0 Å². The molecule has 2 unspecified atom stereocenters. The number of hydrogen-bond acceptors (Lipinski definition) is 1. The van der Waals surface area contributed by atoms with Gasteiger partial charge in [-0.3, -0.25) is 0 Å². The van der Waals surface area contributed by atoms with E-state index >= 15 is 0 Å². The van der Waals surface area contributed by atoms with Gasteiger partial charge in [-0.05, 0) is 5.92 Å². The second-order valence-electron chi connectivity index (χ2n) is 2.65. The maximum Gasteiger partial charge on any atom is 0.0296 e. The standard InChI is InChI=1S/C7H13O.Re/c1-6-4-2-3-5-7(6)8;/h3,6-8H,2,4-5H2,1H3;/q-1;. The fourth-order valence-electron chi connectivity index (χ4n) is 1.09. The monoisotopic (exact) mass is 300 g/mol. The summed E-state index contributed by atoms with van der Waals surface area (Å²) in [6.45, 7) is 2.11. The normalized spacial score (nSPS) is 35.3. The molecule has 2 heteroatoms. The van der Waals surface area contributed by atoms with Gasteiger partial charge < -0.3 is 11.5 Å². The van der Waals surface area contributed by atoms with E-state index in [1.807, 2.05) is 0 Å². The van der Waals surface area contributed by atoms with Crippen molar-refractivity contribution < 1.29 is 25.5 Å². The molecule has 1 N–H and O–H groups in total. The van der Waals surface area contributed by atoms with Crippen molar-refractivity contribution in [2.45, 2.75) is 32.3 Å².